The molecule has 0 saturated carbocycles. The van der Waals surface area contributed by atoms with Gasteiger partial charge in [-0.15, -0.1) is 0 Å². The number of rotatable bonds is 0. The molecule has 1 N–H and O–H groups in total. The van der Waals surface area contributed by atoms with E-state index in [0.29, 0.717) is 5.92 Å². The third kappa shape index (κ3) is 1.34. The Kier molecular flexibility index (Phi) is 1.69. The van der Waals surface area contributed by atoms with Gasteiger partial charge in [0.2, 0.25) is 0 Å². The lowest BCUT2D eigenvalue weighted by atomic mass is 9.96. The van der Waals surface area contributed by atoms with Gasteiger partial charge in [-0.2, -0.15) is 0 Å². The molecule has 0 heterocycles. The van der Waals surface area contributed by atoms with E-state index in [1.54, 1.807) is 0 Å². The van der Waals surface area contributed by atoms with Gasteiger partial charge in [0.05, 0.1) is 6.10 Å². The Balaban J connectivity index is 2.42. The van der Waals surface area contributed by atoms with Crippen LogP contribution in [-0.4, -0.2) is 11.2 Å². The molecule has 8 heavy (non-hydrogen) atoms. The van der Waals surface area contributed by atoms with E-state index >= 15 is 0 Å². The van der Waals surface area contributed by atoms with Crippen LogP contribution in [0.5, 0.6) is 0 Å². The smallest absolute Gasteiger partial charge is 0.0580 e. The normalized spacial score (nSPS) is 37.8. The first-order valence-corrected chi connectivity index (χ1v) is 3.14. The molecule has 0 fully saturated rings. The maximum absolute atomic E-state index is 9.03. The predicted molar refractivity (Wildman–Crippen MR) is 33.5 cm³/mol. The van der Waals surface area contributed by atoms with Gasteiger partial charge in [-0.3, -0.25) is 0 Å². The van der Waals surface area contributed by atoms with Crippen molar-refractivity contribution in [3.8, 4) is 0 Å². The average Bonchev–Trinajstić information content (AvgIpc) is 1.64. The Morgan fingerprint density at radius 1 is 1.62 bits per heavy atom. The topological polar surface area (TPSA) is 20.2 Å². The first kappa shape index (κ1) is 5.83. The number of allylic oxidation sites excluding steroid dienone is 1. The van der Waals surface area contributed by atoms with Crippen LogP contribution in [0.1, 0.15) is 19.8 Å². The summed E-state index contributed by atoms with van der Waals surface area (Å²) in [5.41, 5.74) is 0. The van der Waals surface area contributed by atoms with Crippen LogP contribution < -0.4 is 0 Å². The molecule has 1 aliphatic carbocycles. The minimum Gasteiger partial charge on any atom is -0.393 e. The van der Waals surface area contributed by atoms with Gasteiger partial charge in [-0.1, -0.05) is 19.1 Å². The van der Waals surface area contributed by atoms with Gasteiger partial charge in [0.1, 0.15) is 0 Å². The van der Waals surface area contributed by atoms with Gasteiger partial charge in [-0.05, 0) is 18.8 Å². The van der Waals surface area contributed by atoms with Gasteiger partial charge in [-0.25, -0.2) is 0 Å². The van der Waals surface area contributed by atoms with E-state index in [-0.39, 0.29) is 6.10 Å². The number of aliphatic hydroxyl groups is 1. The van der Waals surface area contributed by atoms with E-state index in [1.165, 1.54) is 0 Å². The van der Waals surface area contributed by atoms with Gasteiger partial charge < -0.3 is 5.11 Å². The molecule has 0 spiro atoms. The average molecular weight is 112 g/mol. The molecule has 1 nitrogen and oxygen atoms in total. The molecule has 1 heteroatoms. The Morgan fingerprint density at radius 2 is 2.38 bits per heavy atom. The summed E-state index contributed by atoms with van der Waals surface area (Å²) in [5.74, 6) is 0.582. The molecular weight excluding hydrogens is 100 g/mol. The van der Waals surface area contributed by atoms with E-state index in [1.807, 2.05) is 0 Å². The summed E-state index contributed by atoms with van der Waals surface area (Å²) < 4.78 is 0. The van der Waals surface area contributed by atoms with Crippen LogP contribution in [0.15, 0.2) is 12.2 Å². The minimum absolute atomic E-state index is 0.0741. The van der Waals surface area contributed by atoms with Crippen LogP contribution in [0.4, 0.5) is 0 Å². The summed E-state index contributed by atoms with van der Waals surface area (Å²) >= 11 is 0. The molecule has 2 atom stereocenters. The third-order valence-electron chi connectivity index (χ3n) is 1.52. The highest BCUT2D eigenvalue weighted by Gasteiger charge is 2.09. The summed E-state index contributed by atoms with van der Waals surface area (Å²) in [6.07, 6.45) is 5.93. The van der Waals surface area contributed by atoms with Crippen LogP contribution >= 0.6 is 0 Å². The highest BCUT2D eigenvalue weighted by atomic mass is 16.3. The molecule has 1 aliphatic rings. The predicted octanol–water partition coefficient (Wildman–Crippen LogP) is 1.33. The van der Waals surface area contributed by atoms with Crippen molar-refractivity contribution in [2.45, 2.75) is 25.9 Å². The van der Waals surface area contributed by atoms with E-state index < -0.39 is 0 Å². The van der Waals surface area contributed by atoms with Gasteiger partial charge in [0.15, 0.2) is 0 Å². The lowest BCUT2D eigenvalue weighted by Gasteiger charge is -2.15. The molecular formula is C7H12O. The van der Waals surface area contributed by atoms with Crippen LogP contribution in [0.2, 0.25) is 0 Å². The second kappa shape index (κ2) is 2.31. The summed E-state index contributed by atoms with van der Waals surface area (Å²) in [5, 5.41) is 9.03. The van der Waals surface area contributed by atoms with Crippen molar-refractivity contribution in [3.05, 3.63) is 12.2 Å². The minimum atomic E-state index is -0.0741. The van der Waals surface area contributed by atoms with Gasteiger partial charge in [0.25, 0.3) is 0 Å². The largest absolute Gasteiger partial charge is 0.393 e. The molecule has 0 aliphatic heterocycles. The van der Waals surface area contributed by atoms with Crippen molar-refractivity contribution in [1.29, 1.82) is 0 Å². The van der Waals surface area contributed by atoms with Crippen LogP contribution in [0.3, 0.4) is 0 Å². The van der Waals surface area contributed by atoms with E-state index in [4.69, 9.17) is 5.11 Å². The van der Waals surface area contributed by atoms with E-state index in [0.717, 1.165) is 12.8 Å². The van der Waals surface area contributed by atoms with Crippen molar-refractivity contribution >= 4 is 0 Å². The Hall–Kier alpha value is -0.300. The third-order valence-corrected chi connectivity index (χ3v) is 1.52. The fourth-order valence-corrected chi connectivity index (χ4v) is 1.07. The van der Waals surface area contributed by atoms with Crippen LogP contribution in [0.25, 0.3) is 0 Å². The van der Waals surface area contributed by atoms with Crippen molar-refractivity contribution in [2.75, 3.05) is 0 Å². The lowest BCUT2D eigenvalue weighted by Crippen LogP contribution is -2.12. The second-order valence-corrected chi connectivity index (χ2v) is 2.53. The highest BCUT2D eigenvalue weighted by molar-refractivity contribution is 4.94. The maximum Gasteiger partial charge on any atom is 0.0580 e. The molecule has 0 amide bonds. The molecule has 0 saturated heterocycles. The fraction of sp³-hybridized carbons (Fsp3) is 0.714. The van der Waals surface area contributed by atoms with Crippen LogP contribution in [0, 0.1) is 5.92 Å². The van der Waals surface area contributed by atoms with E-state index in [2.05, 4.69) is 19.1 Å². The first-order chi connectivity index (χ1) is 3.79. The van der Waals surface area contributed by atoms with E-state index in [9.17, 15) is 0 Å². The summed E-state index contributed by atoms with van der Waals surface area (Å²) in [4.78, 5) is 0. The Bertz CT molecular complexity index is 96.6. The Morgan fingerprint density at radius 3 is 2.75 bits per heavy atom. The molecule has 0 aromatic rings. The Labute approximate surface area is 50.0 Å². The summed E-state index contributed by atoms with van der Waals surface area (Å²) in [6, 6.07) is 0. The standard InChI is InChI=1S/C7H12O/c1-6-3-2-4-7(8)5-6/h2-3,6-8H,4-5H2,1H3. The highest BCUT2D eigenvalue weighted by Crippen LogP contribution is 2.15. The zero-order valence-corrected chi connectivity index (χ0v) is 5.17. The van der Waals surface area contributed by atoms with Crippen molar-refractivity contribution in [3.63, 3.8) is 0 Å². The molecule has 0 radical (unpaired) electrons. The molecule has 1 rings (SSSR count). The summed E-state index contributed by atoms with van der Waals surface area (Å²) in [7, 11) is 0. The van der Waals surface area contributed by atoms with Crippen molar-refractivity contribution in [2.24, 2.45) is 5.92 Å². The lowest BCUT2D eigenvalue weighted by molar-refractivity contribution is 0.150. The maximum atomic E-state index is 9.03. The second-order valence-electron chi connectivity index (χ2n) is 2.53. The number of hydrogen-bond acceptors (Lipinski definition) is 1. The quantitative estimate of drug-likeness (QED) is 0.469. The zero-order chi connectivity index (χ0) is 5.98. The summed E-state index contributed by atoms with van der Waals surface area (Å²) in [6.45, 7) is 2.12. The molecule has 0 aromatic carbocycles. The van der Waals surface area contributed by atoms with Gasteiger partial charge in [0, 0.05) is 0 Å². The molecule has 0 aromatic heterocycles. The molecule has 2 unspecified atom stereocenters. The van der Waals surface area contributed by atoms with Gasteiger partial charge >= 0.3 is 0 Å². The van der Waals surface area contributed by atoms with Crippen molar-refractivity contribution < 1.29 is 5.11 Å². The molecule has 0 bridgehead atoms. The first-order valence-electron chi connectivity index (χ1n) is 3.14. The monoisotopic (exact) mass is 112 g/mol. The molecule has 46 valence electrons. The van der Waals surface area contributed by atoms with Crippen LogP contribution in [-0.2, 0) is 0 Å². The number of hydrogen-bond donors (Lipinski definition) is 1. The SMILES string of the molecule is CC1C=CCC(O)C1. The van der Waals surface area contributed by atoms with Crippen molar-refractivity contribution in [1.82, 2.24) is 0 Å². The fourth-order valence-electron chi connectivity index (χ4n) is 1.07. The number of aliphatic hydroxyl groups excluding tert-OH is 1. The zero-order valence-electron chi connectivity index (χ0n) is 5.17.